The molecule has 2 N–H and O–H groups in total. The first-order chi connectivity index (χ1) is 13.2. The number of aryl methyl sites for hydroxylation is 1. The van der Waals surface area contributed by atoms with Gasteiger partial charge in [0.05, 0.1) is 12.2 Å². The molecule has 134 valence electrons. The van der Waals surface area contributed by atoms with Gasteiger partial charge in [-0.15, -0.1) is 0 Å². The molecule has 27 heavy (non-hydrogen) atoms. The van der Waals surface area contributed by atoms with Crippen molar-refractivity contribution in [2.45, 2.75) is 13.5 Å². The smallest absolute Gasteiger partial charge is 0.274 e. The Labute approximate surface area is 156 Å². The van der Waals surface area contributed by atoms with E-state index in [1.165, 1.54) is 5.56 Å². The normalized spacial score (nSPS) is 10.7. The van der Waals surface area contributed by atoms with Crippen LogP contribution in [0.5, 0.6) is 0 Å². The van der Waals surface area contributed by atoms with E-state index in [0.717, 1.165) is 16.8 Å². The summed E-state index contributed by atoms with van der Waals surface area (Å²) in [7, 11) is 0. The lowest BCUT2D eigenvalue weighted by molar-refractivity contribution is 0.102. The van der Waals surface area contributed by atoms with Crippen molar-refractivity contribution in [2.24, 2.45) is 0 Å². The number of nitrogens with zero attached hydrogens (tertiary/aromatic N) is 3. The van der Waals surface area contributed by atoms with Crippen LogP contribution in [0.2, 0.25) is 0 Å². The summed E-state index contributed by atoms with van der Waals surface area (Å²) in [5.41, 5.74) is 4.41. The maximum absolute atomic E-state index is 12.4. The fourth-order valence-corrected chi connectivity index (χ4v) is 2.78. The number of aromatic nitrogens is 4. The summed E-state index contributed by atoms with van der Waals surface area (Å²) in [5.74, 6) is 0.230. The van der Waals surface area contributed by atoms with Gasteiger partial charge in [-0.2, -0.15) is 10.2 Å². The van der Waals surface area contributed by atoms with Gasteiger partial charge in [-0.25, -0.2) is 0 Å². The third-order valence-corrected chi connectivity index (χ3v) is 4.24. The van der Waals surface area contributed by atoms with E-state index < -0.39 is 0 Å². The van der Waals surface area contributed by atoms with Crippen molar-refractivity contribution >= 4 is 11.7 Å². The molecule has 0 atom stereocenters. The molecule has 0 aliphatic rings. The fourth-order valence-electron chi connectivity index (χ4n) is 2.78. The van der Waals surface area contributed by atoms with Crippen molar-refractivity contribution in [2.75, 3.05) is 5.32 Å². The predicted molar refractivity (Wildman–Crippen MR) is 104 cm³/mol. The van der Waals surface area contributed by atoms with Gasteiger partial charge >= 0.3 is 0 Å². The first-order valence-electron chi connectivity index (χ1n) is 8.68. The van der Waals surface area contributed by atoms with Crippen LogP contribution in [-0.2, 0) is 6.54 Å². The molecular formula is C21H19N5O. The van der Waals surface area contributed by atoms with Gasteiger partial charge in [-0.3, -0.25) is 14.6 Å². The summed E-state index contributed by atoms with van der Waals surface area (Å²) in [6, 6.07) is 21.6. The van der Waals surface area contributed by atoms with E-state index >= 15 is 0 Å². The Bertz CT molecular complexity index is 1050. The predicted octanol–water partition coefficient (Wildman–Crippen LogP) is 3.88. The lowest BCUT2D eigenvalue weighted by atomic mass is 10.1. The summed E-state index contributed by atoms with van der Waals surface area (Å²) in [5, 5.41) is 14.2. The molecule has 2 heterocycles. The van der Waals surface area contributed by atoms with Crippen LogP contribution in [0.3, 0.4) is 0 Å². The van der Waals surface area contributed by atoms with Gasteiger partial charge in [0.25, 0.3) is 5.91 Å². The monoisotopic (exact) mass is 357 g/mol. The van der Waals surface area contributed by atoms with Gasteiger partial charge < -0.3 is 5.32 Å². The summed E-state index contributed by atoms with van der Waals surface area (Å²) in [6.45, 7) is 2.68. The maximum Gasteiger partial charge on any atom is 0.274 e. The molecule has 0 bridgehead atoms. The number of hydrogen-bond acceptors (Lipinski definition) is 3. The highest BCUT2D eigenvalue weighted by molar-refractivity contribution is 6.02. The molecule has 6 heteroatoms. The standard InChI is InChI=1S/C21H19N5O/c1-15-7-9-17(10-8-15)18-13-19(24-23-18)21(27)22-20-11-12-26(25-20)14-16-5-3-2-4-6-16/h2-13H,14H2,1H3,(H,23,24)(H,22,25,27). The van der Waals surface area contributed by atoms with Crippen LogP contribution >= 0.6 is 0 Å². The first kappa shape index (κ1) is 16.8. The molecule has 0 saturated heterocycles. The number of aromatic amines is 1. The van der Waals surface area contributed by atoms with Crippen molar-refractivity contribution in [1.82, 2.24) is 20.0 Å². The molecule has 0 unspecified atom stereocenters. The number of anilines is 1. The second-order valence-electron chi connectivity index (χ2n) is 6.37. The van der Waals surface area contributed by atoms with Crippen molar-refractivity contribution in [3.8, 4) is 11.3 Å². The minimum atomic E-state index is -0.272. The topological polar surface area (TPSA) is 75.6 Å². The lowest BCUT2D eigenvalue weighted by Gasteiger charge is -2.02. The molecule has 0 saturated carbocycles. The maximum atomic E-state index is 12.4. The quantitative estimate of drug-likeness (QED) is 0.569. The number of nitrogens with one attached hydrogen (secondary N) is 2. The van der Waals surface area contributed by atoms with Crippen molar-refractivity contribution in [3.63, 3.8) is 0 Å². The largest absolute Gasteiger partial charge is 0.304 e. The average Bonchev–Trinajstić information content (AvgIpc) is 3.33. The second-order valence-corrected chi connectivity index (χ2v) is 6.37. The van der Waals surface area contributed by atoms with Gasteiger partial charge in [-0.1, -0.05) is 60.2 Å². The van der Waals surface area contributed by atoms with Gasteiger partial charge in [0, 0.05) is 17.8 Å². The Kier molecular flexibility index (Phi) is 4.53. The van der Waals surface area contributed by atoms with Crippen molar-refractivity contribution in [1.29, 1.82) is 0 Å². The molecule has 2 aromatic heterocycles. The number of rotatable bonds is 5. The highest BCUT2D eigenvalue weighted by atomic mass is 16.2. The SMILES string of the molecule is Cc1ccc(-c2cc(C(=O)Nc3ccn(Cc4ccccc4)n3)[nH]n2)cc1. The van der Waals surface area contributed by atoms with Gasteiger partial charge in [-0.05, 0) is 18.6 Å². The molecule has 2 aromatic carbocycles. The van der Waals surface area contributed by atoms with Crippen LogP contribution in [-0.4, -0.2) is 25.9 Å². The van der Waals surface area contributed by atoms with Crippen molar-refractivity contribution < 1.29 is 4.79 Å². The van der Waals surface area contributed by atoms with E-state index in [1.807, 2.05) is 67.7 Å². The molecule has 0 radical (unpaired) electrons. The summed E-state index contributed by atoms with van der Waals surface area (Å²) >= 11 is 0. The van der Waals surface area contributed by atoms with Crippen LogP contribution in [0.4, 0.5) is 5.82 Å². The number of amides is 1. The fraction of sp³-hybridized carbons (Fsp3) is 0.0952. The van der Waals surface area contributed by atoms with Gasteiger partial charge in [0.2, 0.25) is 0 Å². The molecule has 0 fully saturated rings. The van der Waals surface area contributed by atoms with Gasteiger partial charge in [0.1, 0.15) is 5.69 Å². The van der Waals surface area contributed by atoms with Crippen LogP contribution in [0.15, 0.2) is 72.9 Å². The van der Waals surface area contributed by atoms with E-state index in [-0.39, 0.29) is 5.91 Å². The molecule has 4 aromatic rings. The number of hydrogen-bond donors (Lipinski definition) is 2. The summed E-state index contributed by atoms with van der Waals surface area (Å²) < 4.78 is 1.79. The number of H-pyrrole nitrogens is 1. The third kappa shape index (κ3) is 3.95. The van der Waals surface area contributed by atoms with Gasteiger partial charge in [0.15, 0.2) is 5.82 Å². The van der Waals surface area contributed by atoms with Crippen LogP contribution in [0.1, 0.15) is 21.6 Å². The molecule has 0 aliphatic carbocycles. The number of carbonyl (C=O) groups excluding carboxylic acids is 1. The lowest BCUT2D eigenvalue weighted by Crippen LogP contribution is -2.13. The van der Waals surface area contributed by atoms with Crippen LogP contribution < -0.4 is 5.32 Å². The zero-order chi connectivity index (χ0) is 18.6. The highest BCUT2D eigenvalue weighted by Gasteiger charge is 2.12. The van der Waals surface area contributed by atoms with E-state index in [4.69, 9.17) is 0 Å². The Morgan fingerprint density at radius 3 is 2.63 bits per heavy atom. The van der Waals surface area contributed by atoms with E-state index in [2.05, 4.69) is 20.6 Å². The first-order valence-corrected chi connectivity index (χ1v) is 8.68. The minimum Gasteiger partial charge on any atom is -0.304 e. The molecule has 0 spiro atoms. The zero-order valence-electron chi connectivity index (χ0n) is 14.9. The van der Waals surface area contributed by atoms with E-state index in [0.29, 0.717) is 18.1 Å². The Morgan fingerprint density at radius 1 is 1.07 bits per heavy atom. The third-order valence-electron chi connectivity index (χ3n) is 4.24. The molecule has 4 rings (SSSR count). The van der Waals surface area contributed by atoms with Crippen molar-refractivity contribution in [3.05, 3.63) is 89.7 Å². The molecule has 6 nitrogen and oxygen atoms in total. The average molecular weight is 357 g/mol. The Hall–Kier alpha value is -3.67. The molecule has 0 aliphatic heterocycles. The zero-order valence-corrected chi connectivity index (χ0v) is 14.9. The summed E-state index contributed by atoms with van der Waals surface area (Å²) in [4.78, 5) is 12.4. The van der Waals surface area contributed by atoms with Crippen LogP contribution in [0.25, 0.3) is 11.3 Å². The number of carbonyl (C=O) groups is 1. The number of benzene rings is 2. The molecular weight excluding hydrogens is 338 g/mol. The Balaban J connectivity index is 1.43. The second kappa shape index (κ2) is 7.29. The summed E-state index contributed by atoms with van der Waals surface area (Å²) in [6.07, 6.45) is 1.84. The van der Waals surface area contributed by atoms with E-state index in [9.17, 15) is 4.79 Å². The molecule has 1 amide bonds. The highest BCUT2D eigenvalue weighted by Crippen LogP contribution is 2.18. The Morgan fingerprint density at radius 2 is 1.85 bits per heavy atom. The minimum absolute atomic E-state index is 0.272. The van der Waals surface area contributed by atoms with E-state index in [1.54, 1.807) is 16.8 Å². The van der Waals surface area contributed by atoms with Crippen LogP contribution in [0, 0.1) is 6.92 Å².